The van der Waals surface area contributed by atoms with Crippen molar-refractivity contribution in [1.29, 1.82) is 0 Å². The first-order valence-corrected chi connectivity index (χ1v) is 9.66. The molecule has 0 atom stereocenters. The van der Waals surface area contributed by atoms with E-state index in [0.717, 1.165) is 10.8 Å². The van der Waals surface area contributed by atoms with Crippen LogP contribution in [0, 0.1) is 5.82 Å². The Bertz CT molecular complexity index is 1240. The highest BCUT2D eigenvalue weighted by Gasteiger charge is 2.14. The van der Waals surface area contributed by atoms with Gasteiger partial charge in [-0.05, 0) is 59.3 Å². The molecule has 4 rings (SSSR count). The first kappa shape index (κ1) is 20.1. The number of nitrogens with one attached hydrogen (secondary N) is 2. The van der Waals surface area contributed by atoms with Crippen LogP contribution in [-0.4, -0.2) is 18.4 Å². The number of carbonyl (C=O) groups is 2. The van der Waals surface area contributed by atoms with Crippen LogP contribution in [0.5, 0.6) is 5.75 Å². The summed E-state index contributed by atoms with van der Waals surface area (Å²) in [5.41, 5.74) is 1.09. The quantitative estimate of drug-likeness (QED) is 0.453. The third-order valence-corrected chi connectivity index (χ3v) is 4.64. The Morgan fingerprint density at radius 2 is 1.48 bits per heavy atom. The van der Waals surface area contributed by atoms with E-state index in [-0.39, 0.29) is 12.2 Å². The van der Waals surface area contributed by atoms with Crippen LogP contribution in [0.1, 0.15) is 10.4 Å². The molecule has 154 valence electrons. The molecule has 0 saturated heterocycles. The number of amides is 2. The lowest BCUT2D eigenvalue weighted by atomic mass is 10.1. The van der Waals surface area contributed by atoms with Crippen LogP contribution >= 0.6 is 0 Å². The fraction of sp³-hybridized carbons (Fsp3) is 0.0400. The van der Waals surface area contributed by atoms with E-state index in [4.69, 9.17) is 4.74 Å². The van der Waals surface area contributed by atoms with Gasteiger partial charge in [0, 0.05) is 5.69 Å². The zero-order valence-corrected chi connectivity index (χ0v) is 16.5. The Hall–Kier alpha value is -4.19. The summed E-state index contributed by atoms with van der Waals surface area (Å²) >= 11 is 0. The molecule has 2 N–H and O–H groups in total. The molecule has 0 aliphatic carbocycles. The van der Waals surface area contributed by atoms with Gasteiger partial charge in [-0.15, -0.1) is 0 Å². The van der Waals surface area contributed by atoms with Gasteiger partial charge in [-0.25, -0.2) is 4.39 Å². The standard InChI is InChI=1S/C25H19FN2O3/c26-19-10-12-20(13-11-19)27-25(30)22-7-3-4-8-23(22)28-24(29)16-31-21-14-9-17-5-1-2-6-18(17)15-21/h1-15H,16H2,(H,27,30)(H,28,29). The number of hydrogen-bond donors (Lipinski definition) is 2. The van der Waals surface area contributed by atoms with Gasteiger partial charge in [-0.2, -0.15) is 0 Å². The van der Waals surface area contributed by atoms with Crippen molar-refractivity contribution in [2.45, 2.75) is 0 Å². The predicted molar refractivity (Wildman–Crippen MR) is 119 cm³/mol. The van der Waals surface area contributed by atoms with E-state index < -0.39 is 17.6 Å². The van der Waals surface area contributed by atoms with E-state index in [1.165, 1.54) is 24.3 Å². The van der Waals surface area contributed by atoms with Gasteiger partial charge in [-0.1, -0.05) is 42.5 Å². The molecule has 0 heterocycles. The largest absolute Gasteiger partial charge is 0.484 e. The summed E-state index contributed by atoms with van der Waals surface area (Å²) in [5, 5.41) is 7.50. The van der Waals surface area contributed by atoms with Gasteiger partial charge in [0.2, 0.25) is 0 Å². The monoisotopic (exact) mass is 414 g/mol. The molecule has 0 radical (unpaired) electrons. The maximum Gasteiger partial charge on any atom is 0.262 e. The number of fused-ring (bicyclic) bond motifs is 1. The molecule has 0 unspecified atom stereocenters. The molecule has 0 bridgehead atoms. The summed E-state index contributed by atoms with van der Waals surface area (Å²) in [6.45, 7) is -0.202. The number of anilines is 2. The third kappa shape index (κ3) is 5.05. The maximum absolute atomic E-state index is 13.1. The SMILES string of the molecule is O=C(COc1ccc2ccccc2c1)Nc1ccccc1C(=O)Nc1ccc(F)cc1. The average molecular weight is 414 g/mol. The van der Waals surface area contributed by atoms with E-state index in [1.807, 2.05) is 36.4 Å². The zero-order chi connectivity index (χ0) is 21.6. The Balaban J connectivity index is 1.40. The van der Waals surface area contributed by atoms with E-state index in [2.05, 4.69) is 10.6 Å². The van der Waals surface area contributed by atoms with Crippen LogP contribution in [0.2, 0.25) is 0 Å². The van der Waals surface area contributed by atoms with Crippen LogP contribution in [0.15, 0.2) is 91.0 Å². The zero-order valence-electron chi connectivity index (χ0n) is 16.5. The van der Waals surface area contributed by atoms with E-state index >= 15 is 0 Å². The van der Waals surface area contributed by atoms with Crippen molar-refractivity contribution in [3.63, 3.8) is 0 Å². The van der Waals surface area contributed by atoms with Crippen molar-refractivity contribution < 1.29 is 18.7 Å². The van der Waals surface area contributed by atoms with Crippen molar-refractivity contribution in [2.75, 3.05) is 17.2 Å². The van der Waals surface area contributed by atoms with Gasteiger partial charge in [-0.3, -0.25) is 9.59 Å². The van der Waals surface area contributed by atoms with Crippen molar-refractivity contribution in [1.82, 2.24) is 0 Å². The molecule has 0 saturated carbocycles. The molecule has 4 aromatic rings. The maximum atomic E-state index is 13.1. The van der Waals surface area contributed by atoms with Crippen LogP contribution < -0.4 is 15.4 Å². The number of para-hydroxylation sites is 1. The average Bonchev–Trinajstić information content (AvgIpc) is 2.79. The smallest absolute Gasteiger partial charge is 0.262 e. The molecular weight excluding hydrogens is 395 g/mol. The lowest BCUT2D eigenvalue weighted by molar-refractivity contribution is -0.118. The minimum Gasteiger partial charge on any atom is -0.484 e. The van der Waals surface area contributed by atoms with Crippen molar-refractivity contribution in [3.8, 4) is 5.75 Å². The second kappa shape index (κ2) is 9.09. The Morgan fingerprint density at radius 3 is 2.29 bits per heavy atom. The lowest BCUT2D eigenvalue weighted by Gasteiger charge is -2.12. The minimum absolute atomic E-state index is 0.202. The molecule has 0 aromatic heterocycles. The van der Waals surface area contributed by atoms with Gasteiger partial charge < -0.3 is 15.4 Å². The highest BCUT2D eigenvalue weighted by Crippen LogP contribution is 2.21. The predicted octanol–water partition coefficient (Wildman–Crippen LogP) is 5.25. The summed E-state index contributed by atoms with van der Waals surface area (Å²) in [6, 6.07) is 25.6. The van der Waals surface area contributed by atoms with Gasteiger partial charge in [0.25, 0.3) is 11.8 Å². The highest BCUT2D eigenvalue weighted by molar-refractivity contribution is 6.10. The molecule has 2 amide bonds. The number of rotatable bonds is 6. The molecule has 4 aromatic carbocycles. The normalized spacial score (nSPS) is 10.5. The summed E-state index contributed by atoms with van der Waals surface area (Å²) < 4.78 is 18.7. The fourth-order valence-corrected chi connectivity index (χ4v) is 3.11. The molecule has 0 aliphatic rings. The van der Waals surface area contributed by atoms with Crippen molar-refractivity contribution >= 4 is 34.0 Å². The van der Waals surface area contributed by atoms with Gasteiger partial charge >= 0.3 is 0 Å². The molecular formula is C25H19FN2O3. The topological polar surface area (TPSA) is 67.4 Å². The summed E-state index contributed by atoms with van der Waals surface area (Å²) in [6.07, 6.45) is 0. The molecule has 0 aliphatic heterocycles. The third-order valence-electron chi connectivity index (χ3n) is 4.64. The molecule has 0 spiro atoms. The first-order chi connectivity index (χ1) is 15.1. The van der Waals surface area contributed by atoms with E-state index in [9.17, 15) is 14.0 Å². The number of hydrogen-bond acceptors (Lipinski definition) is 3. The van der Waals surface area contributed by atoms with E-state index in [1.54, 1.807) is 30.3 Å². The highest BCUT2D eigenvalue weighted by atomic mass is 19.1. The first-order valence-electron chi connectivity index (χ1n) is 9.66. The number of halogens is 1. The second-order valence-electron chi connectivity index (χ2n) is 6.85. The van der Waals surface area contributed by atoms with Crippen LogP contribution in [-0.2, 0) is 4.79 Å². The Labute approximate surface area is 178 Å². The van der Waals surface area contributed by atoms with Crippen molar-refractivity contribution in [3.05, 3.63) is 102 Å². The van der Waals surface area contributed by atoms with Crippen LogP contribution in [0.4, 0.5) is 15.8 Å². The van der Waals surface area contributed by atoms with Gasteiger partial charge in [0.15, 0.2) is 6.61 Å². The summed E-state index contributed by atoms with van der Waals surface area (Å²) in [5.74, 6) is -0.624. The lowest BCUT2D eigenvalue weighted by Crippen LogP contribution is -2.22. The Morgan fingerprint density at radius 1 is 0.774 bits per heavy atom. The fourth-order valence-electron chi connectivity index (χ4n) is 3.11. The molecule has 31 heavy (non-hydrogen) atoms. The minimum atomic E-state index is -0.419. The number of benzene rings is 4. The summed E-state index contributed by atoms with van der Waals surface area (Å²) in [7, 11) is 0. The van der Waals surface area contributed by atoms with E-state index in [0.29, 0.717) is 17.1 Å². The molecule has 6 heteroatoms. The Kier molecular flexibility index (Phi) is 5.89. The number of carbonyl (C=O) groups excluding carboxylic acids is 2. The molecule has 0 fully saturated rings. The van der Waals surface area contributed by atoms with Gasteiger partial charge in [0.05, 0.1) is 11.3 Å². The van der Waals surface area contributed by atoms with Gasteiger partial charge in [0.1, 0.15) is 11.6 Å². The summed E-state index contributed by atoms with van der Waals surface area (Å²) in [4.78, 5) is 25.0. The second-order valence-corrected chi connectivity index (χ2v) is 6.85. The van der Waals surface area contributed by atoms with Crippen molar-refractivity contribution in [2.24, 2.45) is 0 Å². The van der Waals surface area contributed by atoms with Crippen LogP contribution in [0.3, 0.4) is 0 Å². The van der Waals surface area contributed by atoms with Crippen LogP contribution in [0.25, 0.3) is 10.8 Å². The number of ether oxygens (including phenoxy) is 1. The molecule has 5 nitrogen and oxygen atoms in total.